The number of hydrogen-bond acceptors (Lipinski definition) is 2. The van der Waals surface area contributed by atoms with Crippen molar-refractivity contribution in [2.24, 2.45) is 5.92 Å². The lowest BCUT2D eigenvalue weighted by molar-refractivity contribution is 0.108. The molecule has 0 heterocycles. The summed E-state index contributed by atoms with van der Waals surface area (Å²) in [5.74, 6) is 0.460. The van der Waals surface area contributed by atoms with Gasteiger partial charge in [0, 0.05) is 17.1 Å². The standard InChI is InChI=1S/C13H20BrNO/c1-10(2)13(9-16)15(3)8-11-5-4-6-12(14)7-11/h4-7,10,13,16H,8-9H2,1-3H3. The second-order valence-electron chi connectivity index (χ2n) is 4.54. The molecule has 0 saturated carbocycles. The molecule has 1 aromatic rings. The van der Waals surface area contributed by atoms with Gasteiger partial charge in [-0.3, -0.25) is 4.90 Å². The zero-order chi connectivity index (χ0) is 12.1. The number of benzene rings is 1. The Labute approximate surface area is 106 Å². The number of aliphatic hydroxyl groups is 1. The molecule has 3 heteroatoms. The Morgan fingerprint density at radius 3 is 2.56 bits per heavy atom. The predicted octanol–water partition coefficient (Wildman–Crippen LogP) is 2.90. The first-order valence-corrected chi connectivity index (χ1v) is 6.39. The molecule has 0 radical (unpaired) electrons. The van der Waals surface area contributed by atoms with Gasteiger partial charge in [-0.05, 0) is 30.7 Å². The average molecular weight is 286 g/mol. The van der Waals surface area contributed by atoms with Crippen LogP contribution in [0.15, 0.2) is 28.7 Å². The van der Waals surface area contributed by atoms with Crippen molar-refractivity contribution in [2.45, 2.75) is 26.4 Å². The summed E-state index contributed by atoms with van der Waals surface area (Å²) in [4.78, 5) is 2.20. The van der Waals surface area contributed by atoms with Crippen molar-refractivity contribution in [3.8, 4) is 0 Å². The third-order valence-electron chi connectivity index (χ3n) is 2.84. The Morgan fingerprint density at radius 1 is 1.38 bits per heavy atom. The minimum absolute atomic E-state index is 0.210. The first-order valence-electron chi connectivity index (χ1n) is 5.60. The lowest BCUT2D eigenvalue weighted by Crippen LogP contribution is -2.38. The van der Waals surface area contributed by atoms with E-state index < -0.39 is 0 Å². The highest BCUT2D eigenvalue weighted by Gasteiger charge is 2.17. The Morgan fingerprint density at radius 2 is 2.06 bits per heavy atom. The molecule has 0 amide bonds. The molecule has 0 aliphatic carbocycles. The number of hydrogen-bond donors (Lipinski definition) is 1. The van der Waals surface area contributed by atoms with Crippen LogP contribution in [0.25, 0.3) is 0 Å². The normalized spacial score (nSPS) is 13.4. The predicted molar refractivity (Wildman–Crippen MR) is 71.3 cm³/mol. The van der Waals surface area contributed by atoms with E-state index in [1.54, 1.807) is 0 Å². The molecule has 1 rings (SSSR count). The van der Waals surface area contributed by atoms with E-state index in [0.29, 0.717) is 5.92 Å². The minimum Gasteiger partial charge on any atom is -0.395 e. The summed E-state index contributed by atoms with van der Waals surface area (Å²) in [5.41, 5.74) is 1.26. The number of likely N-dealkylation sites (N-methyl/N-ethyl adjacent to an activating group) is 1. The quantitative estimate of drug-likeness (QED) is 0.899. The van der Waals surface area contributed by atoms with Crippen LogP contribution in [-0.4, -0.2) is 29.7 Å². The van der Waals surface area contributed by atoms with E-state index in [1.807, 2.05) is 12.1 Å². The molecule has 1 unspecified atom stereocenters. The molecule has 0 bridgehead atoms. The number of halogens is 1. The van der Waals surface area contributed by atoms with Crippen LogP contribution in [0.4, 0.5) is 0 Å². The zero-order valence-corrected chi connectivity index (χ0v) is 11.7. The Kier molecular flexibility index (Phi) is 5.46. The van der Waals surface area contributed by atoms with Crippen LogP contribution in [-0.2, 0) is 6.54 Å². The maximum atomic E-state index is 9.35. The SMILES string of the molecule is CC(C)C(CO)N(C)Cc1cccc(Br)c1. The summed E-state index contributed by atoms with van der Waals surface area (Å²) >= 11 is 3.47. The molecule has 0 saturated heterocycles. The minimum atomic E-state index is 0.210. The smallest absolute Gasteiger partial charge is 0.0589 e. The Balaban J connectivity index is 2.66. The van der Waals surface area contributed by atoms with E-state index >= 15 is 0 Å². The van der Waals surface area contributed by atoms with E-state index in [9.17, 15) is 5.11 Å². The summed E-state index contributed by atoms with van der Waals surface area (Å²) < 4.78 is 1.10. The highest BCUT2D eigenvalue weighted by molar-refractivity contribution is 9.10. The molecule has 0 aliphatic heterocycles. The summed E-state index contributed by atoms with van der Waals surface area (Å²) in [7, 11) is 2.06. The van der Waals surface area contributed by atoms with Crippen LogP contribution in [0.2, 0.25) is 0 Å². The van der Waals surface area contributed by atoms with E-state index in [-0.39, 0.29) is 12.6 Å². The van der Waals surface area contributed by atoms with E-state index in [4.69, 9.17) is 0 Å². The van der Waals surface area contributed by atoms with E-state index in [2.05, 4.69) is 53.9 Å². The molecule has 2 nitrogen and oxygen atoms in total. The first-order chi connectivity index (χ1) is 7.54. The maximum absolute atomic E-state index is 9.35. The van der Waals surface area contributed by atoms with E-state index in [0.717, 1.165) is 11.0 Å². The second-order valence-corrected chi connectivity index (χ2v) is 5.45. The molecule has 0 aliphatic rings. The fraction of sp³-hybridized carbons (Fsp3) is 0.538. The molecule has 1 N–H and O–H groups in total. The van der Waals surface area contributed by atoms with Crippen LogP contribution in [0.5, 0.6) is 0 Å². The van der Waals surface area contributed by atoms with Gasteiger partial charge in [0.15, 0.2) is 0 Å². The average Bonchev–Trinajstić information content (AvgIpc) is 2.17. The van der Waals surface area contributed by atoms with Crippen molar-refractivity contribution in [2.75, 3.05) is 13.7 Å². The van der Waals surface area contributed by atoms with Gasteiger partial charge < -0.3 is 5.11 Å². The Hall–Kier alpha value is -0.380. The molecular weight excluding hydrogens is 266 g/mol. The molecular formula is C13H20BrNO. The van der Waals surface area contributed by atoms with Crippen LogP contribution in [0.3, 0.4) is 0 Å². The van der Waals surface area contributed by atoms with Crippen LogP contribution in [0.1, 0.15) is 19.4 Å². The second kappa shape index (κ2) is 6.38. The number of aliphatic hydroxyl groups excluding tert-OH is 1. The van der Waals surface area contributed by atoms with Crippen molar-refractivity contribution in [1.29, 1.82) is 0 Å². The van der Waals surface area contributed by atoms with Gasteiger partial charge in [0.2, 0.25) is 0 Å². The van der Waals surface area contributed by atoms with Crippen molar-refractivity contribution in [1.82, 2.24) is 4.90 Å². The fourth-order valence-electron chi connectivity index (χ4n) is 1.90. The van der Waals surface area contributed by atoms with Gasteiger partial charge in [-0.15, -0.1) is 0 Å². The van der Waals surface area contributed by atoms with Crippen LogP contribution >= 0.6 is 15.9 Å². The van der Waals surface area contributed by atoms with Gasteiger partial charge in [-0.25, -0.2) is 0 Å². The fourth-order valence-corrected chi connectivity index (χ4v) is 2.35. The van der Waals surface area contributed by atoms with Gasteiger partial charge in [0.25, 0.3) is 0 Å². The highest BCUT2D eigenvalue weighted by Crippen LogP contribution is 2.16. The van der Waals surface area contributed by atoms with Gasteiger partial charge in [-0.1, -0.05) is 41.9 Å². The van der Waals surface area contributed by atoms with Gasteiger partial charge in [-0.2, -0.15) is 0 Å². The van der Waals surface area contributed by atoms with Gasteiger partial charge >= 0.3 is 0 Å². The Bertz CT molecular complexity index is 327. The van der Waals surface area contributed by atoms with Crippen molar-refractivity contribution in [3.63, 3.8) is 0 Å². The van der Waals surface area contributed by atoms with Gasteiger partial charge in [0.1, 0.15) is 0 Å². The summed E-state index contributed by atoms with van der Waals surface area (Å²) in [6, 6.07) is 8.51. The number of rotatable bonds is 5. The zero-order valence-electron chi connectivity index (χ0n) is 10.2. The lowest BCUT2D eigenvalue weighted by atomic mass is 10.0. The first kappa shape index (κ1) is 13.7. The summed E-state index contributed by atoms with van der Waals surface area (Å²) in [6.45, 7) is 5.35. The monoisotopic (exact) mass is 285 g/mol. The topological polar surface area (TPSA) is 23.5 Å². The largest absolute Gasteiger partial charge is 0.395 e. The highest BCUT2D eigenvalue weighted by atomic mass is 79.9. The molecule has 16 heavy (non-hydrogen) atoms. The lowest BCUT2D eigenvalue weighted by Gasteiger charge is -2.29. The molecule has 1 atom stereocenters. The third-order valence-corrected chi connectivity index (χ3v) is 3.34. The third kappa shape index (κ3) is 3.89. The maximum Gasteiger partial charge on any atom is 0.0589 e. The number of nitrogens with zero attached hydrogens (tertiary/aromatic N) is 1. The molecule has 1 aromatic carbocycles. The van der Waals surface area contributed by atoms with Crippen molar-refractivity contribution < 1.29 is 5.11 Å². The van der Waals surface area contributed by atoms with Crippen LogP contribution < -0.4 is 0 Å². The van der Waals surface area contributed by atoms with Crippen molar-refractivity contribution in [3.05, 3.63) is 34.3 Å². The van der Waals surface area contributed by atoms with E-state index in [1.165, 1.54) is 5.56 Å². The van der Waals surface area contributed by atoms with Crippen molar-refractivity contribution >= 4 is 15.9 Å². The molecule has 0 fully saturated rings. The molecule has 0 aromatic heterocycles. The molecule has 0 spiro atoms. The van der Waals surface area contributed by atoms with Gasteiger partial charge in [0.05, 0.1) is 6.61 Å². The summed E-state index contributed by atoms with van der Waals surface area (Å²) in [5, 5.41) is 9.35. The summed E-state index contributed by atoms with van der Waals surface area (Å²) in [6.07, 6.45) is 0. The van der Waals surface area contributed by atoms with Crippen LogP contribution in [0, 0.1) is 5.92 Å². The molecule has 90 valence electrons.